The smallest absolute Gasteiger partial charge is 0.303 e. The van der Waals surface area contributed by atoms with Gasteiger partial charge in [-0.1, -0.05) is 0 Å². The van der Waals surface area contributed by atoms with Crippen LogP contribution in [-0.2, 0) is 16.2 Å². The van der Waals surface area contributed by atoms with E-state index in [1.807, 2.05) is 11.9 Å². The molecule has 0 N–H and O–H groups in total. The lowest BCUT2D eigenvalue weighted by Crippen LogP contribution is -2.57. The van der Waals surface area contributed by atoms with Crippen LogP contribution in [0.4, 0.5) is 13.2 Å². The van der Waals surface area contributed by atoms with Crippen molar-refractivity contribution in [3.63, 3.8) is 0 Å². The average Bonchev–Trinajstić information content (AvgIpc) is 2.36. The largest absolute Gasteiger partial charge is 0.433 e. The Hall–Kier alpha value is -1.19. The van der Waals surface area contributed by atoms with E-state index in [2.05, 4.69) is 4.98 Å². The number of alkyl halides is 3. The predicted molar refractivity (Wildman–Crippen MR) is 74.7 cm³/mol. The van der Waals surface area contributed by atoms with Gasteiger partial charge < -0.3 is 4.90 Å². The maximum absolute atomic E-state index is 12.7. The van der Waals surface area contributed by atoms with E-state index in [1.54, 1.807) is 13.8 Å². The first-order chi connectivity index (χ1) is 10.0. The van der Waals surface area contributed by atoms with Crippen molar-refractivity contribution in [3.8, 4) is 0 Å². The lowest BCUT2D eigenvalue weighted by atomic mass is 10.2. The van der Waals surface area contributed by atoms with E-state index in [4.69, 9.17) is 0 Å². The molecule has 1 aliphatic rings. The van der Waals surface area contributed by atoms with E-state index in [-0.39, 0.29) is 17.0 Å². The van der Waals surface area contributed by atoms with Crippen LogP contribution in [-0.4, -0.2) is 54.8 Å². The molecule has 0 bridgehead atoms. The van der Waals surface area contributed by atoms with Gasteiger partial charge >= 0.3 is 6.18 Å². The fourth-order valence-electron chi connectivity index (χ4n) is 2.87. The summed E-state index contributed by atoms with van der Waals surface area (Å²) in [6.45, 7) is 4.69. The van der Waals surface area contributed by atoms with Gasteiger partial charge in [0, 0.05) is 31.4 Å². The summed E-state index contributed by atoms with van der Waals surface area (Å²) in [5.74, 6) is 0. The standard InChI is InChI=1S/C13H18F3N3O2S/c1-9-7-18(3)8-10(2)19(9)22(20,21)11-4-5-12(17-6-11)13(14,15)16/h4-6,9-10H,7-8H2,1-3H3/t9-,10+. The quantitative estimate of drug-likeness (QED) is 0.826. The van der Waals surface area contributed by atoms with E-state index in [9.17, 15) is 21.6 Å². The molecule has 1 aromatic rings. The molecule has 0 saturated carbocycles. The number of pyridine rings is 1. The Morgan fingerprint density at radius 2 is 1.73 bits per heavy atom. The second-order valence-electron chi connectivity index (χ2n) is 5.63. The van der Waals surface area contributed by atoms with E-state index in [1.165, 1.54) is 4.31 Å². The van der Waals surface area contributed by atoms with Crippen LogP contribution in [0.15, 0.2) is 23.2 Å². The van der Waals surface area contributed by atoms with E-state index >= 15 is 0 Å². The molecule has 0 radical (unpaired) electrons. The zero-order chi connectivity index (χ0) is 16.7. The van der Waals surface area contributed by atoms with Gasteiger partial charge in [-0.25, -0.2) is 8.42 Å². The maximum atomic E-state index is 12.7. The van der Waals surface area contributed by atoms with Crippen molar-refractivity contribution in [2.75, 3.05) is 20.1 Å². The number of hydrogen-bond acceptors (Lipinski definition) is 4. The Morgan fingerprint density at radius 1 is 1.18 bits per heavy atom. The van der Waals surface area contributed by atoms with Crippen LogP contribution >= 0.6 is 0 Å². The summed E-state index contributed by atoms with van der Waals surface area (Å²) in [4.78, 5) is 5.04. The van der Waals surface area contributed by atoms with Crippen LogP contribution in [0.5, 0.6) is 0 Å². The van der Waals surface area contributed by atoms with Gasteiger partial charge in [0.2, 0.25) is 10.0 Å². The number of rotatable bonds is 2. The highest BCUT2D eigenvalue weighted by molar-refractivity contribution is 7.89. The van der Waals surface area contributed by atoms with Crippen LogP contribution in [0.3, 0.4) is 0 Å². The Labute approximate surface area is 127 Å². The minimum atomic E-state index is -4.59. The number of halogens is 3. The zero-order valence-electron chi connectivity index (χ0n) is 12.5. The van der Waals surface area contributed by atoms with Gasteiger partial charge in [-0.3, -0.25) is 4.98 Å². The lowest BCUT2D eigenvalue weighted by Gasteiger charge is -2.41. The van der Waals surface area contributed by atoms with Gasteiger partial charge in [0.25, 0.3) is 0 Å². The molecule has 22 heavy (non-hydrogen) atoms. The molecule has 0 unspecified atom stereocenters. The van der Waals surface area contributed by atoms with Crippen molar-refractivity contribution in [1.82, 2.24) is 14.2 Å². The van der Waals surface area contributed by atoms with Gasteiger partial charge in [-0.05, 0) is 33.0 Å². The summed E-state index contributed by atoms with van der Waals surface area (Å²) in [5.41, 5.74) is -1.11. The van der Waals surface area contributed by atoms with Crippen LogP contribution in [0.25, 0.3) is 0 Å². The molecule has 0 aliphatic carbocycles. The predicted octanol–water partition coefficient (Wildman–Crippen LogP) is 1.81. The summed E-state index contributed by atoms with van der Waals surface area (Å²) in [5, 5.41) is 0. The fourth-order valence-corrected chi connectivity index (χ4v) is 4.62. The van der Waals surface area contributed by atoms with Crippen molar-refractivity contribution in [1.29, 1.82) is 0 Å². The third-order valence-electron chi connectivity index (χ3n) is 3.62. The highest BCUT2D eigenvalue weighted by Gasteiger charge is 2.38. The fraction of sp³-hybridized carbons (Fsp3) is 0.615. The zero-order valence-corrected chi connectivity index (χ0v) is 13.3. The van der Waals surface area contributed by atoms with Crippen molar-refractivity contribution >= 4 is 10.0 Å². The Bertz CT molecular complexity index is 619. The number of hydrogen-bond donors (Lipinski definition) is 0. The number of aromatic nitrogens is 1. The SMILES string of the molecule is C[C@@H]1CN(C)C[C@H](C)N1S(=O)(=O)c1ccc(C(F)(F)F)nc1. The lowest BCUT2D eigenvalue weighted by molar-refractivity contribution is -0.141. The molecule has 2 heterocycles. The molecule has 2 rings (SSSR count). The third kappa shape index (κ3) is 3.26. The van der Waals surface area contributed by atoms with Gasteiger partial charge in [-0.15, -0.1) is 0 Å². The third-order valence-corrected chi connectivity index (χ3v) is 5.73. The minimum absolute atomic E-state index is 0.219. The molecule has 0 aromatic carbocycles. The second kappa shape index (κ2) is 5.78. The number of likely N-dealkylation sites (N-methyl/N-ethyl adjacent to an activating group) is 1. The van der Waals surface area contributed by atoms with E-state index in [0.717, 1.165) is 12.3 Å². The van der Waals surface area contributed by atoms with Crippen LogP contribution in [0.2, 0.25) is 0 Å². The molecule has 1 aromatic heterocycles. The maximum Gasteiger partial charge on any atom is 0.433 e. The number of piperazine rings is 1. The highest BCUT2D eigenvalue weighted by atomic mass is 32.2. The molecule has 1 saturated heterocycles. The monoisotopic (exact) mass is 337 g/mol. The van der Waals surface area contributed by atoms with E-state index < -0.39 is 21.9 Å². The Kier molecular flexibility index (Phi) is 4.51. The first-order valence-electron chi connectivity index (χ1n) is 6.79. The minimum Gasteiger partial charge on any atom is -0.303 e. The van der Waals surface area contributed by atoms with Crippen LogP contribution < -0.4 is 0 Å². The summed E-state index contributed by atoms with van der Waals surface area (Å²) in [7, 11) is -1.97. The molecular weight excluding hydrogens is 319 g/mol. The topological polar surface area (TPSA) is 53.5 Å². The van der Waals surface area contributed by atoms with E-state index in [0.29, 0.717) is 19.2 Å². The number of sulfonamides is 1. The molecule has 9 heteroatoms. The summed E-state index contributed by atoms with van der Waals surface area (Å²) in [6.07, 6.45) is -3.81. The summed E-state index contributed by atoms with van der Waals surface area (Å²) in [6, 6.07) is 1.13. The van der Waals surface area contributed by atoms with Gasteiger partial charge in [0.05, 0.1) is 0 Å². The molecular formula is C13H18F3N3O2S. The van der Waals surface area contributed by atoms with Gasteiger partial charge in [0.1, 0.15) is 10.6 Å². The summed E-state index contributed by atoms with van der Waals surface area (Å²) < 4.78 is 64.2. The van der Waals surface area contributed by atoms with Crippen molar-refractivity contribution < 1.29 is 21.6 Å². The normalized spacial score (nSPS) is 25.4. The van der Waals surface area contributed by atoms with Crippen LogP contribution in [0.1, 0.15) is 19.5 Å². The highest BCUT2D eigenvalue weighted by Crippen LogP contribution is 2.29. The van der Waals surface area contributed by atoms with Crippen molar-refractivity contribution in [2.45, 2.75) is 37.0 Å². The Balaban J connectivity index is 2.34. The van der Waals surface area contributed by atoms with Gasteiger partial charge in [-0.2, -0.15) is 17.5 Å². The molecule has 0 spiro atoms. The Morgan fingerprint density at radius 3 is 2.14 bits per heavy atom. The first kappa shape index (κ1) is 17.2. The molecule has 2 atom stereocenters. The first-order valence-corrected chi connectivity index (χ1v) is 8.23. The molecule has 5 nitrogen and oxygen atoms in total. The molecule has 0 amide bonds. The molecule has 1 aliphatic heterocycles. The average molecular weight is 337 g/mol. The van der Waals surface area contributed by atoms with Gasteiger partial charge in [0.15, 0.2) is 0 Å². The summed E-state index contributed by atoms with van der Waals surface area (Å²) >= 11 is 0. The number of nitrogens with zero attached hydrogens (tertiary/aromatic N) is 3. The van der Waals surface area contributed by atoms with Crippen LogP contribution in [0, 0.1) is 0 Å². The second-order valence-corrected chi connectivity index (χ2v) is 7.47. The van der Waals surface area contributed by atoms with Crippen molar-refractivity contribution in [3.05, 3.63) is 24.0 Å². The molecule has 1 fully saturated rings. The van der Waals surface area contributed by atoms with Crippen molar-refractivity contribution in [2.24, 2.45) is 0 Å². The molecule has 124 valence electrons.